The van der Waals surface area contributed by atoms with Crippen LogP contribution in [0.15, 0.2) is 41.3 Å². The molecule has 0 radical (unpaired) electrons. The number of carbonyl (C=O) groups is 1. The van der Waals surface area contributed by atoms with Crippen molar-refractivity contribution >= 4 is 18.0 Å². The van der Waals surface area contributed by atoms with Crippen LogP contribution in [0.5, 0.6) is 0 Å². The predicted octanol–water partition coefficient (Wildman–Crippen LogP) is 2.67. The normalized spacial score (nSPS) is 11.3. The summed E-state index contributed by atoms with van der Waals surface area (Å²) in [6.07, 6.45) is 3.60. The second-order valence-electron chi connectivity index (χ2n) is 2.71. The molecule has 0 spiro atoms. The van der Waals surface area contributed by atoms with Crippen molar-refractivity contribution < 1.29 is 4.79 Å². The van der Waals surface area contributed by atoms with E-state index >= 15 is 0 Å². The molecule has 1 aromatic carbocycles. The Morgan fingerprint density at radius 2 is 2.08 bits per heavy atom. The van der Waals surface area contributed by atoms with Gasteiger partial charge in [-0.3, -0.25) is 4.79 Å². The number of allylic oxidation sites excluding steroid dienone is 1. The fourth-order valence-electron chi connectivity index (χ4n) is 1.09. The first-order valence-corrected chi connectivity index (χ1v) is 5.36. The number of hydrogen-bond acceptors (Lipinski definition) is 2. The molecule has 0 atom stereocenters. The van der Waals surface area contributed by atoms with Gasteiger partial charge >= 0.3 is 0 Å². The lowest BCUT2D eigenvalue weighted by atomic mass is 10.1. The number of rotatable bonds is 4. The van der Waals surface area contributed by atoms with Crippen LogP contribution < -0.4 is 0 Å². The third-order valence-corrected chi connectivity index (χ3v) is 2.21. The van der Waals surface area contributed by atoms with Crippen LogP contribution in [-0.4, -0.2) is 12.5 Å². The Hall–Kier alpha value is -1.02. The van der Waals surface area contributed by atoms with E-state index in [9.17, 15) is 4.79 Å². The molecule has 0 heterocycles. The van der Waals surface area contributed by atoms with Crippen molar-refractivity contribution in [1.82, 2.24) is 0 Å². The van der Waals surface area contributed by atoms with Gasteiger partial charge in [0.25, 0.3) is 0 Å². The van der Waals surface area contributed by atoms with Gasteiger partial charge in [-0.2, -0.15) is 0 Å². The number of benzene rings is 1. The van der Waals surface area contributed by atoms with Crippen molar-refractivity contribution in [2.45, 2.75) is 6.42 Å². The monoisotopic (exact) mass is 192 g/mol. The summed E-state index contributed by atoms with van der Waals surface area (Å²) in [5.74, 6) is 0. The molecule has 0 saturated carbocycles. The summed E-state index contributed by atoms with van der Waals surface area (Å²) in [4.78, 5) is 10.6. The Kier molecular flexibility index (Phi) is 4.33. The smallest absolute Gasteiger partial charge is 0.146 e. The van der Waals surface area contributed by atoms with Gasteiger partial charge in [0.2, 0.25) is 0 Å². The lowest BCUT2D eigenvalue weighted by Crippen LogP contribution is -1.90. The quantitative estimate of drug-likeness (QED) is 0.539. The van der Waals surface area contributed by atoms with Gasteiger partial charge < -0.3 is 0 Å². The highest BCUT2D eigenvalue weighted by molar-refractivity contribution is 8.01. The first kappa shape index (κ1) is 10.1. The van der Waals surface area contributed by atoms with Crippen LogP contribution in [0.3, 0.4) is 0 Å². The van der Waals surface area contributed by atoms with Crippen LogP contribution >= 0.6 is 11.8 Å². The lowest BCUT2D eigenvalue weighted by Gasteiger charge is -1.98. The largest absolute Gasteiger partial charge is 0.298 e. The molecule has 0 unspecified atom stereocenters. The fourth-order valence-corrected chi connectivity index (χ4v) is 1.54. The SMILES string of the molecule is CS/C=C(\C=O)Cc1ccccc1. The summed E-state index contributed by atoms with van der Waals surface area (Å²) in [7, 11) is 0. The summed E-state index contributed by atoms with van der Waals surface area (Å²) >= 11 is 1.56. The average Bonchev–Trinajstić information content (AvgIpc) is 2.19. The van der Waals surface area contributed by atoms with Gasteiger partial charge in [-0.25, -0.2) is 0 Å². The third kappa shape index (κ3) is 3.47. The van der Waals surface area contributed by atoms with Crippen molar-refractivity contribution in [3.63, 3.8) is 0 Å². The Balaban J connectivity index is 2.68. The molecule has 1 rings (SSSR count). The Labute approximate surface area is 82.9 Å². The van der Waals surface area contributed by atoms with Crippen molar-refractivity contribution in [2.75, 3.05) is 6.26 Å². The van der Waals surface area contributed by atoms with Crippen LogP contribution in [-0.2, 0) is 11.2 Å². The Morgan fingerprint density at radius 3 is 2.62 bits per heavy atom. The van der Waals surface area contributed by atoms with Crippen molar-refractivity contribution in [1.29, 1.82) is 0 Å². The number of carbonyl (C=O) groups excluding carboxylic acids is 1. The Bertz CT molecular complexity index is 290. The van der Waals surface area contributed by atoms with Crippen LogP contribution in [0.4, 0.5) is 0 Å². The van der Waals surface area contributed by atoms with Crippen molar-refractivity contribution in [3.8, 4) is 0 Å². The average molecular weight is 192 g/mol. The molecule has 2 heteroatoms. The predicted molar refractivity (Wildman–Crippen MR) is 57.8 cm³/mol. The van der Waals surface area contributed by atoms with Gasteiger partial charge in [-0.1, -0.05) is 30.3 Å². The van der Waals surface area contributed by atoms with Gasteiger partial charge in [0.15, 0.2) is 0 Å². The standard InChI is InChI=1S/C11H12OS/c1-13-9-11(8-12)7-10-5-3-2-4-6-10/h2-6,8-9H,7H2,1H3/b11-9-. The summed E-state index contributed by atoms with van der Waals surface area (Å²) in [6.45, 7) is 0. The minimum absolute atomic E-state index is 0.727. The molecular weight excluding hydrogens is 180 g/mol. The first-order valence-electron chi connectivity index (χ1n) is 4.07. The number of thioether (sulfide) groups is 1. The zero-order valence-electron chi connectivity index (χ0n) is 7.57. The Morgan fingerprint density at radius 1 is 1.38 bits per heavy atom. The van der Waals surface area contributed by atoms with Gasteiger partial charge in [-0.15, -0.1) is 11.8 Å². The lowest BCUT2D eigenvalue weighted by molar-refractivity contribution is -0.105. The molecule has 0 aliphatic rings. The molecule has 13 heavy (non-hydrogen) atoms. The minimum atomic E-state index is 0.727. The summed E-state index contributed by atoms with van der Waals surface area (Å²) in [6, 6.07) is 9.99. The molecule has 0 fully saturated rings. The second-order valence-corrected chi connectivity index (χ2v) is 3.42. The maximum absolute atomic E-state index is 10.6. The van der Waals surface area contributed by atoms with E-state index < -0.39 is 0 Å². The van der Waals surface area contributed by atoms with Crippen molar-refractivity contribution in [2.24, 2.45) is 0 Å². The minimum Gasteiger partial charge on any atom is -0.298 e. The zero-order chi connectivity index (χ0) is 9.52. The van der Waals surface area contributed by atoms with E-state index in [1.54, 1.807) is 11.8 Å². The molecule has 1 aromatic rings. The molecule has 0 N–H and O–H groups in total. The van der Waals surface area contributed by atoms with Crippen LogP contribution in [0.2, 0.25) is 0 Å². The highest BCUT2D eigenvalue weighted by Crippen LogP contribution is 2.09. The maximum Gasteiger partial charge on any atom is 0.146 e. The number of hydrogen-bond donors (Lipinski definition) is 0. The molecule has 1 nitrogen and oxygen atoms in total. The van der Waals surface area contributed by atoms with Gasteiger partial charge in [0.05, 0.1) is 0 Å². The molecule has 0 aromatic heterocycles. The van der Waals surface area contributed by atoms with E-state index in [2.05, 4.69) is 0 Å². The number of aldehydes is 1. The van der Waals surface area contributed by atoms with Crippen LogP contribution in [0.25, 0.3) is 0 Å². The van der Waals surface area contributed by atoms with E-state index in [0.29, 0.717) is 0 Å². The molecule has 0 bridgehead atoms. The molecule has 0 saturated heterocycles. The van der Waals surface area contributed by atoms with Gasteiger partial charge in [0.1, 0.15) is 6.29 Å². The molecular formula is C11H12OS. The molecule has 68 valence electrons. The van der Waals surface area contributed by atoms with Crippen LogP contribution in [0, 0.1) is 0 Å². The zero-order valence-corrected chi connectivity index (χ0v) is 8.38. The van der Waals surface area contributed by atoms with Gasteiger partial charge in [0, 0.05) is 12.0 Å². The van der Waals surface area contributed by atoms with E-state index in [1.165, 1.54) is 5.56 Å². The third-order valence-electron chi connectivity index (χ3n) is 1.67. The summed E-state index contributed by atoms with van der Waals surface area (Å²) in [5, 5.41) is 1.89. The summed E-state index contributed by atoms with van der Waals surface area (Å²) in [5.41, 5.74) is 2.01. The van der Waals surface area contributed by atoms with Gasteiger partial charge in [-0.05, 0) is 17.2 Å². The fraction of sp³-hybridized carbons (Fsp3) is 0.182. The van der Waals surface area contributed by atoms with E-state index in [1.807, 2.05) is 42.0 Å². The van der Waals surface area contributed by atoms with E-state index in [-0.39, 0.29) is 0 Å². The highest BCUT2D eigenvalue weighted by Gasteiger charge is 1.96. The highest BCUT2D eigenvalue weighted by atomic mass is 32.2. The summed E-state index contributed by atoms with van der Waals surface area (Å²) < 4.78 is 0. The topological polar surface area (TPSA) is 17.1 Å². The van der Waals surface area contributed by atoms with Crippen LogP contribution in [0.1, 0.15) is 5.56 Å². The van der Waals surface area contributed by atoms with E-state index in [0.717, 1.165) is 18.3 Å². The maximum atomic E-state index is 10.6. The molecule has 0 aliphatic heterocycles. The second kappa shape index (κ2) is 5.60. The first-order chi connectivity index (χ1) is 6.36. The van der Waals surface area contributed by atoms with E-state index in [4.69, 9.17) is 0 Å². The van der Waals surface area contributed by atoms with Crippen molar-refractivity contribution in [3.05, 3.63) is 46.9 Å². The molecule has 0 amide bonds. The molecule has 0 aliphatic carbocycles.